The third kappa shape index (κ3) is 5.32. The number of rotatable bonds is 4. The standard InChI is InChI=1S/C21H26N2O3S/c1-21(2)15-23(13-18-6-4-5-7-19(18)26-21)20(24)22-12-16-8-10-17(11-9-16)14-27(3)25/h4-11H,12-15H2,1-3H3,(H,22,24). The zero-order valence-corrected chi connectivity index (χ0v) is 16.8. The zero-order chi connectivity index (χ0) is 19.4. The summed E-state index contributed by atoms with van der Waals surface area (Å²) in [5.74, 6) is 1.39. The van der Waals surface area contributed by atoms with Crippen LogP contribution in [0.3, 0.4) is 0 Å². The van der Waals surface area contributed by atoms with Gasteiger partial charge < -0.3 is 15.0 Å². The lowest BCUT2D eigenvalue weighted by atomic mass is 10.1. The summed E-state index contributed by atoms with van der Waals surface area (Å²) in [7, 11) is -0.853. The van der Waals surface area contributed by atoms with E-state index in [1.165, 1.54) is 0 Å². The summed E-state index contributed by atoms with van der Waals surface area (Å²) in [6, 6.07) is 15.6. The highest BCUT2D eigenvalue weighted by atomic mass is 32.2. The van der Waals surface area contributed by atoms with E-state index >= 15 is 0 Å². The van der Waals surface area contributed by atoms with Crippen LogP contribution >= 0.6 is 0 Å². The molecule has 1 aliphatic rings. The Bertz CT molecular complexity index is 834. The topological polar surface area (TPSA) is 58.6 Å². The molecule has 1 unspecified atom stereocenters. The van der Waals surface area contributed by atoms with Crippen molar-refractivity contribution in [2.75, 3.05) is 12.8 Å². The minimum absolute atomic E-state index is 0.109. The highest BCUT2D eigenvalue weighted by Crippen LogP contribution is 2.29. The van der Waals surface area contributed by atoms with Crippen molar-refractivity contribution >= 4 is 16.8 Å². The van der Waals surface area contributed by atoms with Crippen molar-refractivity contribution in [3.05, 3.63) is 65.2 Å². The van der Waals surface area contributed by atoms with Gasteiger partial charge in [-0.05, 0) is 31.0 Å². The van der Waals surface area contributed by atoms with Crippen LogP contribution in [-0.4, -0.2) is 33.5 Å². The predicted octanol–water partition coefficient (Wildman–Crippen LogP) is 3.45. The molecule has 1 heterocycles. The normalized spacial score (nSPS) is 16.6. The first kappa shape index (κ1) is 19.4. The summed E-state index contributed by atoms with van der Waals surface area (Å²) in [5, 5.41) is 3.00. The number of para-hydroxylation sites is 1. The van der Waals surface area contributed by atoms with E-state index < -0.39 is 16.4 Å². The van der Waals surface area contributed by atoms with Crippen LogP contribution in [0, 0.1) is 0 Å². The average Bonchev–Trinajstić information content (AvgIpc) is 2.75. The number of urea groups is 1. The summed E-state index contributed by atoms with van der Waals surface area (Å²) in [6.45, 7) is 5.47. The molecule has 0 bridgehead atoms. The second kappa shape index (κ2) is 8.13. The largest absolute Gasteiger partial charge is 0.486 e. The van der Waals surface area contributed by atoms with Crippen LogP contribution in [0.2, 0.25) is 0 Å². The van der Waals surface area contributed by atoms with Gasteiger partial charge in [0.2, 0.25) is 0 Å². The van der Waals surface area contributed by atoms with Crippen LogP contribution in [0.4, 0.5) is 4.79 Å². The van der Waals surface area contributed by atoms with Crippen molar-refractivity contribution in [1.82, 2.24) is 10.2 Å². The van der Waals surface area contributed by atoms with Gasteiger partial charge in [-0.3, -0.25) is 4.21 Å². The summed E-state index contributed by atoms with van der Waals surface area (Å²) in [4.78, 5) is 14.5. The molecular formula is C21H26N2O3S. The third-order valence-electron chi connectivity index (χ3n) is 4.42. The average molecular weight is 387 g/mol. The molecule has 0 saturated carbocycles. The molecule has 1 aliphatic heterocycles. The van der Waals surface area contributed by atoms with Gasteiger partial charge in [-0.2, -0.15) is 0 Å². The third-order valence-corrected chi connectivity index (χ3v) is 5.16. The van der Waals surface area contributed by atoms with E-state index in [9.17, 15) is 9.00 Å². The number of nitrogens with one attached hydrogen (secondary N) is 1. The molecule has 6 heteroatoms. The molecule has 27 heavy (non-hydrogen) atoms. The molecule has 2 aromatic rings. The molecule has 144 valence electrons. The van der Waals surface area contributed by atoms with Crippen molar-refractivity contribution in [3.63, 3.8) is 0 Å². The fourth-order valence-electron chi connectivity index (χ4n) is 3.21. The molecule has 0 saturated heterocycles. The highest BCUT2D eigenvalue weighted by Gasteiger charge is 2.31. The van der Waals surface area contributed by atoms with Crippen molar-refractivity contribution in [1.29, 1.82) is 0 Å². The van der Waals surface area contributed by atoms with Crippen molar-refractivity contribution < 1.29 is 13.7 Å². The van der Waals surface area contributed by atoms with E-state index in [0.717, 1.165) is 22.4 Å². The number of ether oxygens (including phenoxy) is 1. The fraction of sp³-hybridized carbons (Fsp3) is 0.381. The number of nitrogens with zero attached hydrogens (tertiary/aromatic N) is 1. The fourth-order valence-corrected chi connectivity index (χ4v) is 3.87. The maximum Gasteiger partial charge on any atom is 0.318 e. The Balaban J connectivity index is 1.64. The van der Waals surface area contributed by atoms with Gasteiger partial charge in [0.15, 0.2) is 0 Å². The van der Waals surface area contributed by atoms with Crippen LogP contribution in [-0.2, 0) is 29.6 Å². The Morgan fingerprint density at radius 2 is 1.81 bits per heavy atom. The molecule has 0 aromatic heterocycles. The number of amides is 2. The van der Waals surface area contributed by atoms with Crippen molar-refractivity contribution in [3.8, 4) is 5.75 Å². The van der Waals surface area contributed by atoms with Crippen LogP contribution in [0.1, 0.15) is 30.5 Å². The second-order valence-electron chi connectivity index (χ2n) is 7.52. The molecule has 1 N–H and O–H groups in total. The summed E-state index contributed by atoms with van der Waals surface area (Å²) < 4.78 is 17.4. The molecule has 1 atom stereocenters. The van der Waals surface area contributed by atoms with Gasteiger partial charge in [-0.15, -0.1) is 0 Å². The van der Waals surface area contributed by atoms with E-state index in [0.29, 0.717) is 25.4 Å². The van der Waals surface area contributed by atoms with Gasteiger partial charge >= 0.3 is 6.03 Å². The Morgan fingerprint density at radius 1 is 1.15 bits per heavy atom. The van der Waals surface area contributed by atoms with Crippen LogP contribution in [0.5, 0.6) is 5.75 Å². The van der Waals surface area contributed by atoms with Crippen LogP contribution < -0.4 is 10.1 Å². The molecule has 0 fully saturated rings. The second-order valence-corrected chi connectivity index (χ2v) is 8.95. The minimum atomic E-state index is -0.853. The number of carbonyl (C=O) groups excluding carboxylic acids is 1. The lowest BCUT2D eigenvalue weighted by molar-refractivity contribution is 0.0807. The Hall–Kier alpha value is -2.34. The van der Waals surface area contributed by atoms with Crippen LogP contribution in [0.25, 0.3) is 0 Å². The quantitative estimate of drug-likeness (QED) is 0.876. The Kier molecular flexibility index (Phi) is 5.85. The lowest BCUT2D eigenvalue weighted by Crippen LogP contribution is -2.46. The smallest absolute Gasteiger partial charge is 0.318 e. The van der Waals surface area contributed by atoms with E-state index in [1.807, 2.05) is 62.4 Å². The van der Waals surface area contributed by atoms with E-state index in [-0.39, 0.29) is 6.03 Å². The lowest BCUT2D eigenvalue weighted by Gasteiger charge is -2.29. The summed E-state index contributed by atoms with van der Waals surface area (Å²) >= 11 is 0. The molecule has 2 aromatic carbocycles. The Morgan fingerprint density at radius 3 is 2.52 bits per heavy atom. The highest BCUT2D eigenvalue weighted by molar-refractivity contribution is 7.83. The molecular weight excluding hydrogens is 360 g/mol. The van der Waals surface area contributed by atoms with E-state index in [2.05, 4.69) is 5.32 Å². The Labute approximate surface area is 163 Å². The molecule has 2 amide bonds. The maximum atomic E-state index is 12.8. The maximum absolute atomic E-state index is 12.8. The number of hydrogen-bond acceptors (Lipinski definition) is 3. The monoisotopic (exact) mass is 386 g/mol. The van der Waals surface area contributed by atoms with Gasteiger partial charge in [-0.25, -0.2) is 4.79 Å². The van der Waals surface area contributed by atoms with Gasteiger partial charge in [0.05, 0.1) is 13.1 Å². The molecule has 3 rings (SSSR count). The van der Waals surface area contributed by atoms with Gasteiger partial charge in [0.1, 0.15) is 11.4 Å². The van der Waals surface area contributed by atoms with Gasteiger partial charge in [0.25, 0.3) is 0 Å². The number of benzene rings is 2. The SMILES string of the molecule is CS(=O)Cc1ccc(CNC(=O)N2Cc3ccccc3OC(C)(C)C2)cc1. The summed E-state index contributed by atoms with van der Waals surface area (Å²) in [6.07, 6.45) is 1.69. The first-order valence-electron chi connectivity index (χ1n) is 9.00. The van der Waals surface area contributed by atoms with Crippen LogP contribution in [0.15, 0.2) is 48.5 Å². The number of carbonyl (C=O) groups is 1. The zero-order valence-electron chi connectivity index (χ0n) is 16.0. The molecule has 0 aliphatic carbocycles. The molecule has 5 nitrogen and oxygen atoms in total. The van der Waals surface area contributed by atoms with Crippen molar-refractivity contribution in [2.45, 2.75) is 38.3 Å². The van der Waals surface area contributed by atoms with Crippen molar-refractivity contribution in [2.24, 2.45) is 0 Å². The van der Waals surface area contributed by atoms with Gasteiger partial charge in [-0.1, -0.05) is 42.5 Å². The minimum Gasteiger partial charge on any atom is -0.486 e. The molecule has 0 radical (unpaired) electrons. The first-order valence-corrected chi connectivity index (χ1v) is 10.7. The predicted molar refractivity (Wildman–Crippen MR) is 108 cm³/mol. The van der Waals surface area contributed by atoms with E-state index in [1.54, 1.807) is 11.2 Å². The van der Waals surface area contributed by atoms with E-state index in [4.69, 9.17) is 4.74 Å². The number of hydrogen-bond donors (Lipinski definition) is 1. The first-order chi connectivity index (χ1) is 12.8. The molecule has 0 spiro atoms. The van der Waals surface area contributed by atoms with Gasteiger partial charge in [0, 0.05) is 34.9 Å². The summed E-state index contributed by atoms with van der Waals surface area (Å²) in [5.41, 5.74) is 2.60. The number of fused-ring (bicyclic) bond motifs is 1.